The molecular weight excluding hydrogens is 467 g/mol. The standard InChI is InChI=1S/C21H28N4O2.HI/c1-15-5-8-17(9-6-15)18(25(3)4)13-24-21(22-2)23-12-16-7-10-19-20(11-16)27-14-26-19;/h5-11,18H,12-14H2,1-4H3,(H2,22,23,24);1H. The van der Waals surface area contributed by atoms with Gasteiger partial charge in [-0.1, -0.05) is 35.9 Å². The fraction of sp³-hybridized carbons (Fsp3) is 0.381. The Bertz CT molecular complexity index is 793. The highest BCUT2D eigenvalue weighted by Crippen LogP contribution is 2.32. The third-order valence-corrected chi connectivity index (χ3v) is 4.67. The highest BCUT2D eigenvalue weighted by Gasteiger charge is 2.15. The number of fused-ring (bicyclic) bond motifs is 1. The molecule has 2 aromatic carbocycles. The van der Waals surface area contributed by atoms with Crippen LogP contribution in [0.15, 0.2) is 47.5 Å². The molecule has 3 rings (SSSR count). The monoisotopic (exact) mass is 496 g/mol. The van der Waals surface area contributed by atoms with E-state index in [9.17, 15) is 0 Å². The maximum atomic E-state index is 5.43. The number of likely N-dealkylation sites (N-methyl/N-ethyl adjacent to an activating group) is 1. The molecule has 0 saturated carbocycles. The predicted molar refractivity (Wildman–Crippen MR) is 124 cm³/mol. The van der Waals surface area contributed by atoms with E-state index >= 15 is 0 Å². The molecule has 0 fully saturated rings. The van der Waals surface area contributed by atoms with Crippen molar-refractivity contribution in [1.29, 1.82) is 0 Å². The van der Waals surface area contributed by atoms with Crippen molar-refractivity contribution in [3.63, 3.8) is 0 Å². The van der Waals surface area contributed by atoms with Crippen molar-refractivity contribution in [2.45, 2.75) is 19.5 Å². The van der Waals surface area contributed by atoms with E-state index in [0.29, 0.717) is 13.3 Å². The predicted octanol–water partition coefficient (Wildman–Crippen LogP) is 3.31. The first-order chi connectivity index (χ1) is 13.1. The summed E-state index contributed by atoms with van der Waals surface area (Å²) >= 11 is 0. The van der Waals surface area contributed by atoms with E-state index < -0.39 is 0 Å². The summed E-state index contributed by atoms with van der Waals surface area (Å²) in [5, 5.41) is 6.78. The molecule has 7 heteroatoms. The molecule has 2 aromatic rings. The first-order valence-electron chi connectivity index (χ1n) is 9.13. The highest BCUT2D eigenvalue weighted by molar-refractivity contribution is 14.0. The first-order valence-corrected chi connectivity index (χ1v) is 9.13. The Balaban J connectivity index is 0.00000280. The second-order valence-electron chi connectivity index (χ2n) is 6.88. The molecule has 1 heterocycles. The summed E-state index contributed by atoms with van der Waals surface area (Å²) in [6, 6.07) is 14.9. The molecule has 0 amide bonds. The van der Waals surface area contributed by atoms with E-state index in [0.717, 1.165) is 29.6 Å². The molecule has 1 atom stereocenters. The maximum Gasteiger partial charge on any atom is 0.231 e. The topological polar surface area (TPSA) is 58.1 Å². The van der Waals surface area contributed by atoms with Crippen molar-refractivity contribution in [3.8, 4) is 11.5 Å². The molecule has 28 heavy (non-hydrogen) atoms. The lowest BCUT2D eigenvalue weighted by atomic mass is 10.0. The van der Waals surface area contributed by atoms with Gasteiger partial charge >= 0.3 is 0 Å². The van der Waals surface area contributed by atoms with Crippen molar-refractivity contribution in [1.82, 2.24) is 15.5 Å². The Morgan fingerprint density at radius 1 is 1.07 bits per heavy atom. The van der Waals surface area contributed by atoms with Gasteiger partial charge in [0.25, 0.3) is 0 Å². The summed E-state index contributed by atoms with van der Waals surface area (Å²) in [5.74, 6) is 2.36. The molecule has 2 N–H and O–H groups in total. The highest BCUT2D eigenvalue weighted by atomic mass is 127. The average Bonchev–Trinajstić information content (AvgIpc) is 3.13. The molecule has 152 valence electrons. The van der Waals surface area contributed by atoms with Crippen molar-refractivity contribution >= 4 is 29.9 Å². The summed E-state index contributed by atoms with van der Waals surface area (Å²) < 4.78 is 10.8. The van der Waals surface area contributed by atoms with E-state index in [1.165, 1.54) is 11.1 Å². The Labute approximate surface area is 184 Å². The van der Waals surface area contributed by atoms with Crippen LogP contribution >= 0.6 is 24.0 Å². The summed E-state index contributed by atoms with van der Waals surface area (Å²) in [6.07, 6.45) is 0. The van der Waals surface area contributed by atoms with Crippen molar-refractivity contribution in [2.75, 3.05) is 34.5 Å². The smallest absolute Gasteiger partial charge is 0.231 e. The average molecular weight is 496 g/mol. The van der Waals surface area contributed by atoms with E-state index in [2.05, 4.69) is 65.8 Å². The van der Waals surface area contributed by atoms with Gasteiger partial charge in [-0.15, -0.1) is 24.0 Å². The van der Waals surface area contributed by atoms with Crippen LogP contribution in [0.5, 0.6) is 11.5 Å². The summed E-state index contributed by atoms with van der Waals surface area (Å²) in [4.78, 5) is 6.55. The second kappa shape index (κ2) is 10.5. The van der Waals surface area contributed by atoms with Gasteiger partial charge in [0.1, 0.15) is 0 Å². The third kappa shape index (κ3) is 5.75. The van der Waals surface area contributed by atoms with Gasteiger partial charge in [0.05, 0.1) is 6.04 Å². The van der Waals surface area contributed by atoms with E-state index in [-0.39, 0.29) is 30.0 Å². The van der Waals surface area contributed by atoms with E-state index in [4.69, 9.17) is 9.47 Å². The number of rotatable bonds is 6. The molecule has 6 nitrogen and oxygen atoms in total. The van der Waals surface area contributed by atoms with Crippen LogP contribution in [0, 0.1) is 6.92 Å². The molecule has 0 bridgehead atoms. The van der Waals surface area contributed by atoms with Gasteiger partial charge in [-0.05, 0) is 44.3 Å². The fourth-order valence-electron chi connectivity index (χ4n) is 3.04. The number of aryl methyl sites for hydroxylation is 1. The number of halogens is 1. The Kier molecular flexibility index (Phi) is 8.37. The lowest BCUT2D eigenvalue weighted by Gasteiger charge is -2.26. The molecule has 0 spiro atoms. The molecule has 1 unspecified atom stereocenters. The maximum absolute atomic E-state index is 5.43. The van der Waals surface area contributed by atoms with Gasteiger partial charge in [-0.3, -0.25) is 4.99 Å². The first kappa shape index (κ1) is 22.3. The van der Waals surface area contributed by atoms with Crippen LogP contribution in [-0.2, 0) is 6.54 Å². The summed E-state index contributed by atoms with van der Waals surface area (Å²) in [6.45, 7) is 3.82. The number of ether oxygens (including phenoxy) is 2. The van der Waals surface area contributed by atoms with Gasteiger partial charge in [-0.2, -0.15) is 0 Å². The third-order valence-electron chi connectivity index (χ3n) is 4.67. The van der Waals surface area contributed by atoms with Crippen LogP contribution < -0.4 is 20.1 Å². The Morgan fingerprint density at radius 2 is 1.79 bits per heavy atom. The van der Waals surface area contributed by atoms with Gasteiger partial charge in [0, 0.05) is 20.1 Å². The molecular formula is C21H29IN4O2. The minimum atomic E-state index is 0. The number of nitrogens with one attached hydrogen (secondary N) is 2. The van der Waals surface area contributed by atoms with Gasteiger partial charge in [0.15, 0.2) is 17.5 Å². The van der Waals surface area contributed by atoms with E-state index in [1.807, 2.05) is 18.2 Å². The van der Waals surface area contributed by atoms with Gasteiger partial charge in [-0.25, -0.2) is 0 Å². The van der Waals surface area contributed by atoms with Crippen LogP contribution in [0.2, 0.25) is 0 Å². The molecule has 1 aliphatic heterocycles. The molecule has 0 saturated heterocycles. The van der Waals surface area contributed by atoms with Crippen LogP contribution in [0.1, 0.15) is 22.7 Å². The zero-order valence-electron chi connectivity index (χ0n) is 16.9. The zero-order chi connectivity index (χ0) is 19.2. The Morgan fingerprint density at radius 3 is 2.46 bits per heavy atom. The number of guanidine groups is 1. The lowest BCUT2D eigenvalue weighted by molar-refractivity contribution is 0.174. The minimum absolute atomic E-state index is 0. The number of hydrogen-bond donors (Lipinski definition) is 2. The van der Waals surface area contributed by atoms with Crippen LogP contribution in [-0.4, -0.2) is 45.3 Å². The molecule has 0 aromatic heterocycles. The van der Waals surface area contributed by atoms with Crippen LogP contribution in [0.4, 0.5) is 0 Å². The molecule has 1 aliphatic rings. The van der Waals surface area contributed by atoms with Gasteiger partial charge < -0.3 is 25.0 Å². The van der Waals surface area contributed by atoms with Crippen LogP contribution in [0.3, 0.4) is 0 Å². The van der Waals surface area contributed by atoms with Crippen LogP contribution in [0.25, 0.3) is 0 Å². The number of nitrogens with zero attached hydrogens (tertiary/aromatic N) is 2. The number of aliphatic imine (C=N–C) groups is 1. The zero-order valence-corrected chi connectivity index (χ0v) is 19.2. The summed E-state index contributed by atoms with van der Waals surface area (Å²) in [7, 11) is 5.97. The quantitative estimate of drug-likeness (QED) is 0.365. The molecule has 0 radical (unpaired) electrons. The van der Waals surface area contributed by atoms with Crippen molar-refractivity contribution in [2.24, 2.45) is 4.99 Å². The number of hydrogen-bond acceptors (Lipinski definition) is 4. The minimum Gasteiger partial charge on any atom is -0.454 e. The lowest BCUT2D eigenvalue weighted by Crippen LogP contribution is -2.41. The Hall–Kier alpha value is -2.00. The fourth-order valence-corrected chi connectivity index (χ4v) is 3.04. The SMILES string of the molecule is CN=C(NCc1ccc2c(c1)OCO2)NCC(c1ccc(C)cc1)N(C)C.I. The summed E-state index contributed by atoms with van der Waals surface area (Å²) in [5.41, 5.74) is 3.67. The van der Waals surface area contributed by atoms with Crippen molar-refractivity contribution in [3.05, 3.63) is 59.2 Å². The second-order valence-corrected chi connectivity index (χ2v) is 6.88. The normalized spacial score (nSPS) is 13.8. The number of benzene rings is 2. The largest absolute Gasteiger partial charge is 0.454 e. The van der Waals surface area contributed by atoms with Gasteiger partial charge in [0.2, 0.25) is 6.79 Å². The van der Waals surface area contributed by atoms with Crippen molar-refractivity contribution < 1.29 is 9.47 Å². The molecule has 0 aliphatic carbocycles. The van der Waals surface area contributed by atoms with E-state index in [1.54, 1.807) is 7.05 Å².